The predicted octanol–water partition coefficient (Wildman–Crippen LogP) is 2.82. The molecule has 1 saturated carbocycles. The molecule has 1 fully saturated rings. The van der Waals surface area contributed by atoms with Gasteiger partial charge in [-0.3, -0.25) is 0 Å². The van der Waals surface area contributed by atoms with E-state index in [-0.39, 0.29) is 12.1 Å². The molecule has 17 heavy (non-hydrogen) atoms. The first kappa shape index (κ1) is 12.4. The Kier molecular flexibility index (Phi) is 3.67. The minimum absolute atomic E-state index is 0.168. The Hall–Kier alpha value is -1.09. The largest absolute Gasteiger partial charge is 0.429 e. The molecule has 0 aromatic rings. The molecule has 2 rings (SSSR count). The lowest BCUT2D eigenvalue weighted by atomic mass is 9.77. The van der Waals surface area contributed by atoms with Gasteiger partial charge < -0.3 is 9.47 Å². The van der Waals surface area contributed by atoms with Crippen LogP contribution in [-0.2, 0) is 14.3 Å². The molecule has 0 N–H and O–H groups in total. The van der Waals surface area contributed by atoms with Crippen molar-refractivity contribution in [3.8, 4) is 0 Å². The van der Waals surface area contributed by atoms with Crippen molar-refractivity contribution in [1.29, 1.82) is 0 Å². The molecule has 0 radical (unpaired) electrons. The quantitative estimate of drug-likeness (QED) is 0.558. The summed E-state index contributed by atoms with van der Waals surface area (Å²) in [5.74, 6) is 0.721. The molecule has 1 aliphatic heterocycles. The average molecular weight is 236 g/mol. The van der Waals surface area contributed by atoms with Gasteiger partial charge >= 0.3 is 5.97 Å². The molecule has 3 heteroatoms. The fourth-order valence-electron chi connectivity index (χ4n) is 2.56. The van der Waals surface area contributed by atoms with Gasteiger partial charge in [-0.25, -0.2) is 4.79 Å². The minimum atomic E-state index is -0.486. The predicted molar refractivity (Wildman–Crippen MR) is 65.2 cm³/mol. The van der Waals surface area contributed by atoms with Gasteiger partial charge in [0.2, 0.25) is 6.29 Å². The van der Waals surface area contributed by atoms with Crippen LogP contribution in [0.5, 0.6) is 0 Å². The lowest BCUT2D eigenvalue weighted by Gasteiger charge is -2.36. The molecule has 2 aliphatic rings. The number of cyclic esters (lactones) is 1. The molecule has 0 spiro atoms. The standard InChI is InChI=1S/C14H20O3/c1-9(2)11-8-10(3)4-5-12(11)16-14-7-6-13(15)17-14/h6-7,9,11-12,14H,3-5,8H2,1-2H3/t11?,12?,14-/m1/s1. The van der Waals surface area contributed by atoms with E-state index in [2.05, 4.69) is 20.4 Å². The molecule has 0 aromatic heterocycles. The number of allylic oxidation sites excluding steroid dienone is 1. The molecule has 3 nitrogen and oxygen atoms in total. The maximum atomic E-state index is 11.0. The first-order valence-corrected chi connectivity index (χ1v) is 6.27. The van der Waals surface area contributed by atoms with E-state index in [4.69, 9.17) is 9.47 Å². The van der Waals surface area contributed by atoms with Crippen LogP contribution in [0.1, 0.15) is 33.1 Å². The minimum Gasteiger partial charge on any atom is -0.429 e. The van der Waals surface area contributed by atoms with Crippen molar-refractivity contribution < 1.29 is 14.3 Å². The van der Waals surface area contributed by atoms with Gasteiger partial charge in [0.15, 0.2) is 0 Å². The van der Waals surface area contributed by atoms with E-state index in [0.717, 1.165) is 19.3 Å². The summed E-state index contributed by atoms with van der Waals surface area (Å²) in [4.78, 5) is 11.0. The molecule has 0 amide bonds. The van der Waals surface area contributed by atoms with Crippen LogP contribution in [0.2, 0.25) is 0 Å². The second-order valence-corrected chi connectivity index (χ2v) is 5.24. The van der Waals surface area contributed by atoms with Crippen molar-refractivity contribution in [2.75, 3.05) is 0 Å². The molecule has 0 saturated heterocycles. The first-order chi connectivity index (χ1) is 8.06. The maximum absolute atomic E-state index is 11.0. The Morgan fingerprint density at radius 1 is 1.53 bits per heavy atom. The van der Waals surface area contributed by atoms with Crippen molar-refractivity contribution in [3.63, 3.8) is 0 Å². The van der Waals surface area contributed by atoms with Gasteiger partial charge in [0.25, 0.3) is 0 Å². The Balaban J connectivity index is 1.96. The van der Waals surface area contributed by atoms with E-state index in [9.17, 15) is 4.79 Å². The van der Waals surface area contributed by atoms with Gasteiger partial charge in [-0.05, 0) is 37.2 Å². The van der Waals surface area contributed by atoms with Crippen LogP contribution in [0.3, 0.4) is 0 Å². The van der Waals surface area contributed by atoms with E-state index < -0.39 is 6.29 Å². The monoisotopic (exact) mass is 236 g/mol. The van der Waals surface area contributed by atoms with Gasteiger partial charge in [0, 0.05) is 6.08 Å². The van der Waals surface area contributed by atoms with Crippen LogP contribution in [0.15, 0.2) is 24.3 Å². The number of esters is 1. The Morgan fingerprint density at radius 2 is 2.29 bits per heavy atom. The third kappa shape index (κ3) is 2.97. The van der Waals surface area contributed by atoms with E-state index in [0.29, 0.717) is 11.8 Å². The zero-order chi connectivity index (χ0) is 12.4. The van der Waals surface area contributed by atoms with Gasteiger partial charge in [-0.2, -0.15) is 0 Å². The topological polar surface area (TPSA) is 35.5 Å². The highest BCUT2D eigenvalue weighted by Crippen LogP contribution is 2.35. The zero-order valence-corrected chi connectivity index (χ0v) is 10.5. The van der Waals surface area contributed by atoms with Gasteiger partial charge in [0.1, 0.15) is 0 Å². The van der Waals surface area contributed by atoms with Gasteiger partial charge in [-0.1, -0.05) is 26.0 Å². The Morgan fingerprint density at radius 3 is 2.88 bits per heavy atom. The van der Waals surface area contributed by atoms with Crippen molar-refractivity contribution in [2.24, 2.45) is 11.8 Å². The van der Waals surface area contributed by atoms with Gasteiger partial charge in [0.05, 0.1) is 6.10 Å². The van der Waals surface area contributed by atoms with Crippen LogP contribution >= 0.6 is 0 Å². The van der Waals surface area contributed by atoms with Crippen molar-refractivity contribution in [2.45, 2.75) is 45.5 Å². The fraction of sp³-hybridized carbons (Fsp3) is 0.643. The fourth-order valence-corrected chi connectivity index (χ4v) is 2.56. The second-order valence-electron chi connectivity index (χ2n) is 5.24. The number of rotatable bonds is 3. The third-order valence-corrected chi connectivity index (χ3v) is 3.57. The average Bonchev–Trinajstić information content (AvgIpc) is 2.66. The highest BCUT2D eigenvalue weighted by atomic mass is 16.7. The summed E-state index contributed by atoms with van der Waals surface area (Å²) < 4.78 is 10.9. The Bertz CT molecular complexity index is 343. The summed E-state index contributed by atoms with van der Waals surface area (Å²) in [5, 5.41) is 0. The van der Waals surface area contributed by atoms with Gasteiger partial charge in [-0.15, -0.1) is 0 Å². The van der Waals surface area contributed by atoms with Crippen LogP contribution in [0.25, 0.3) is 0 Å². The molecule has 94 valence electrons. The summed E-state index contributed by atoms with van der Waals surface area (Å²) in [7, 11) is 0. The van der Waals surface area contributed by atoms with E-state index in [1.54, 1.807) is 6.08 Å². The number of ether oxygens (including phenoxy) is 2. The highest BCUT2D eigenvalue weighted by molar-refractivity contribution is 5.84. The van der Waals surface area contributed by atoms with Crippen LogP contribution in [0.4, 0.5) is 0 Å². The SMILES string of the molecule is C=C1CCC(O[C@H]2C=CC(=O)O2)C(C(C)C)C1. The molecular weight excluding hydrogens is 216 g/mol. The summed E-state index contributed by atoms with van der Waals surface area (Å²) in [5.41, 5.74) is 1.31. The van der Waals surface area contributed by atoms with Crippen molar-refractivity contribution in [1.82, 2.24) is 0 Å². The van der Waals surface area contributed by atoms with Crippen LogP contribution in [0, 0.1) is 11.8 Å². The van der Waals surface area contributed by atoms with Crippen molar-refractivity contribution >= 4 is 5.97 Å². The summed E-state index contributed by atoms with van der Waals surface area (Å²) in [6.45, 7) is 8.48. The molecular formula is C14H20O3. The smallest absolute Gasteiger partial charge is 0.333 e. The molecule has 0 aromatic carbocycles. The van der Waals surface area contributed by atoms with E-state index in [1.165, 1.54) is 11.6 Å². The van der Waals surface area contributed by atoms with Crippen LogP contribution in [-0.4, -0.2) is 18.4 Å². The molecule has 3 atom stereocenters. The number of hydrogen-bond donors (Lipinski definition) is 0. The van der Waals surface area contributed by atoms with Crippen molar-refractivity contribution in [3.05, 3.63) is 24.3 Å². The maximum Gasteiger partial charge on any atom is 0.333 e. The molecule has 2 unspecified atom stereocenters. The second kappa shape index (κ2) is 5.05. The van der Waals surface area contributed by atoms with E-state index >= 15 is 0 Å². The summed E-state index contributed by atoms with van der Waals surface area (Å²) in [6.07, 6.45) is 5.80. The third-order valence-electron chi connectivity index (χ3n) is 3.57. The number of carbonyl (C=O) groups is 1. The van der Waals surface area contributed by atoms with Crippen LogP contribution < -0.4 is 0 Å². The Labute approximate surface area is 102 Å². The summed E-state index contributed by atoms with van der Waals surface area (Å²) >= 11 is 0. The molecule has 1 heterocycles. The van der Waals surface area contributed by atoms with E-state index in [1.807, 2.05) is 0 Å². The number of hydrogen-bond acceptors (Lipinski definition) is 3. The normalized spacial score (nSPS) is 33.2. The lowest BCUT2D eigenvalue weighted by molar-refractivity contribution is -0.175. The zero-order valence-electron chi connectivity index (χ0n) is 10.5. The number of carbonyl (C=O) groups excluding carboxylic acids is 1. The summed E-state index contributed by atoms with van der Waals surface area (Å²) in [6, 6.07) is 0. The molecule has 0 bridgehead atoms. The molecule has 1 aliphatic carbocycles. The lowest BCUT2D eigenvalue weighted by Crippen LogP contribution is -2.35. The highest BCUT2D eigenvalue weighted by Gasteiger charge is 2.32. The first-order valence-electron chi connectivity index (χ1n) is 6.27.